The number of fused-ring (bicyclic) bond motifs is 1. The second kappa shape index (κ2) is 9.71. The highest BCUT2D eigenvalue weighted by molar-refractivity contribution is 5.36. The number of hydrogen-bond acceptors (Lipinski definition) is 3. The molecule has 3 aliphatic rings. The zero-order valence-corrected chi connectivity index (χ0v) is 19.5. The molecule has 0 bridgehead atoms. The summed E-state index contributed by atoms with van der Waals surface area (Å²) in [7, 11) is 0. The molecule has 30 heavy (non-hydrogen) atoms. The van der Waals surface area contributed by atoms with Crippen molar-refractivity contribution in [2.75, 3.05) is 6.61 Å². The fraction of sp³-hybridized carbons (Fsp3) is 0.778. The molecule has 0 heterocycles. The zero-order valence-electron chi connectivity index (χ0n) is 19.5. The lowest BCUT2D eigenvalue weighted by molar-refractivity contribution is -0.00891. The smallest absolute Gasteiger partial charge is 0.0849 e. The molecule has 1 unspecified atom stereocenters. The first-order chi connectivity index (χ1) is 14.2. The van der Waals surface area contributed by atoms with Crippen molar-refractivity contribution in [3.05, 3.63) is 35.5 Å². The molecule has 3 N–H and O–H groups in total. The normalized spacial score (nSPS) is 37.9. The molecule has 3 aliphatic carbocycles. The Labute approximate surface area is 184 Å². The van der Waals surface area contributed by atoms with Crippen molar-refractivity contribution in [1.82, 2.24) is 0 Å². The lowest BCUT2D eigenvalue weighted by Gasteiger charge is -2.44. The fourth-order valence-corrected chi connectivity index (χ4v) is 6.69. The molecule has 0 aromatic heterocycles. The quantitative estimate of drug-likeness (QED) is 0.498. The topological polar surface area (TPSA) is 60.7 Å². The Morgan fingerprint density at radius 1 is 1.23 bits per heavy atom. The van der Waals surface area contributed by atoms with E-state index in [4.69, 9.17) is 0 Å². The van der Waals surface area contributed by atoms with E-state index in [9.17, 15) is 15.3 Å². The standard InChI is InChI=1S/C27H44O3/c1-19-9-12-23(29)17-22(19)11-10-21-8-6-16-27(4)24(13-14-25(21)27)20(2)7-5-15-26(3,30)18-28/h10-11,20,23-25,28-30H,1,5-9,12-18H2,2-4H3/b21-10+,22-11+/t20-,23+,24-,25+,26?,27-/m1/s1. The lowest BCUT2D eigenvalue weighted by atomic mass is 9.60. The first-order valence-electron chi connectivity index (χ1n) is 12.3. The highest BCUT2D eigenvalue weighted by atomic mass is 16.3. The van der Waals surface area contributed by atoms with Crippen molar-refractivity contribution < 1.29 is 15.3 Å². The Hall–Kier alpha value is -0.900. The van der Waals surface area contributed by atoms with E-state index in [1.54, 1.807) is 12.5 Å². The molecule has 0 saturated heterocycles. The molecule has 0 aromatic rings. The maximum absolute atomic E-state index is 10.1. The minimum Gasteiger partial charge on any atom is -0.393 e. The summed E-state index contributed by atoms with van der Waals surface area (Å²) in [6.45, 7) is 10.7. The summed E-state index contributed by atoms with van der Waals surface area (Å²) >= 11 is 0. The van der Waals surface area contributed by atoms with Crippen LogP contribution in [-0.4, -0.2) is 33.6 Å². The number of allylic oxidation sites excluding steroid dienone is 4. The maximum Gasteiger partial charge on any atom is 0.0849 e. The second-order valence-corrected chi connectivity index (χ2v) is 11.1. The van der Waals surface area contributed by atoms with Gasteiger partial charge < -0.3 is 15.3 Å². The van der Waals surface area contributed by atoms with Gasteiger partial charge in [0.15, 0.2) is 0 Å². The fourth-order valence-electron chi connectivity index (χ4n) is 6.69. The van der Waals surface area contributed by atoms with E-state index >= 15 is 0 Å². The number of aliphatic hydroxyl groups is 3. The molecular weight excluding hydrogens is 372 g/mol. The molecule has 3 saturated carbocycles. The van der Waals surface area contributed by atoms with Crippen molar-refractivity contribution in [3.63, 3.8) is 0 Å². The molecular formula is C27H44O3. The number of hydrogen-bond donors (Lipinski definition) is 3. The first kappa shape index (κ1) is 23.8. The zero-order chi connectivity index (χ0) is 21.9. The van der Waals surface area contributed by atoms with E-state index in [2.05, 4.69) is 32.6 Å². The van der Waals surface area contributed by atoms with Gasteiger partial charge in [0, 0.05) is 0 Å². The van der Waals surface area contributed by atoms with Crippen molar-refractivity contribution in [1.29, 1.82) is 0 Å². The minimum absolute atomic E-state index is 0.155. The van der Waals surface area contributed by atoms with Crippen molar-refractivity contribution >= 4 is 0 Å². The molecule has 6 atom stereocenters. The molecule has 3 rings (SSSR count). The molecule has 0 aromatic carbocycles. The van der Waals surface area contributed by atoms with Crippen LogP contribution in [0.25, 0.3) is 0 Å². The van der Waals surface area contributed by atoms with Crippen LogP contribution in [0.4, 0.5) is 0 Å². The van der Waals surface area contributed by atoms with Gasteiger partial charge >= 0.3 is 0 Å². The average molecular weight is 417 g/mol. The summed E-state index contributed by atoms with van der Waals surface area (Å²) < 4.78 is 0. The third kappa shape index (κ3) is 5.29. The van der Waals surface area contributed by atoms with Gasteiger partial charge in [-0.05, 0) is 93.5 Å². The van der Waals surface area contributed by atoms with E-state index < -0.39 is 5.60 Å². The average Bonchev–Trinajstić information content (AvgIpc) is 3.06. The monoisotopic (exact) mass is 416 g/mol. The Morgan fingerprint density at radius 2 is 2.00 bits per heavy atom. The van der Waals surface area contributed by atoms with Gasteiger partial charge in [0.1, 0.15) is 0 Å². The molecule has 0 aliphatic heterocycles. The molecule has 3 nitrogen and oxygen atoms in total. The molecule has 0 radical (unpaired) electrons. The van der Waals surface area contributed by atoms with Crippen LogP contribution in [-0.2, 0) is 0 Å². The van der Waals surface area contributed by atoms with Gasteiger partial charge in [-0.3, -0.25) is 0 Å². The largest absolute Gasteiger partial charge is 0.393 e. The molecule has 3 fully saturated rings. The van der Waals surface area contributed by atoms with Crippen LogP contribution in [0, 0.1) is 23.2 Å². The SMILES string of the molecule is C=C1CC[C@H](O)C/C1=C\C=C1/CCC[C@]2(C)[C@@H]([C@H](C)CCCC(C)(O)CO)CC[C@@H]12. The Balaban J connectivity index is 1.66. The van der Waals surface area contributed by atoms with Crippen LogP contribution < -0.4 is 0 Å². The van der Waals surface area contributed by atoms with Gasteiger partial charge in [0.05, 0.1) is 18.3 Å². The highest BCUT2D eigenvalue weighted by Crippen LogP contribution is 2.60. The number of rotatable bonds is 7. The molecule has 3 heteroatoms. The van der Waals surface area contributed by atoms with Crippen molar-refractivity contribution in [3.8, 4) is 0 Å². The Bertz CT molecular complexity index is 674. The first-order valence-corrected chi connectivity index (χ1v) is 12.3. The van der Waals surface area contributed by atoms with Gasteiger partial charge in [-0.1, -0.05) is 56.6 Å². The maximum atomic E-state index is 10.1. The second-order valence-electron chi connectivity index (χ2n) is 11.1. The van der Waals surface area contributed by atoms with Gasteiger partial charge in [-0.15, -0.1) is 0 Å². The Morgan fingerprint density at radius 3 is 2.73 bits per heavy atom. The molecule has 0 spiro atoms. The predicted octanol–water partition coefficient (Wildman–Crippen LogP) is 5.71. The van der Waals surface area contributed by atoms with Crippen molar-refractivity contribution in [2.24, 2.45) is 23.2 Å². The van der Waals surface area contributed by atoms with E-state index in [-0.39, 0.29) is 12.7 Å². The third-order valence-corrected chi connectivity index (χ3v) is 8.63. The van der Waals surface area contributed by atoms with E-state index in [1.165, 1.54) is 43.3 Å². The number of aliphatic hydroxyl groups excluding tert-OH is 2. The van der Waals surface area contributed by atoms with Gasteiger partial charge in [0.25, 0.3) is 0 Å². The van der Waals surface area contributed by atoms with Crippen molar-refractivity contribution in [2.45, 2.75) is 103 Å². The van der Waals surface area contributed by atoms with Gasteiger partial charge in [-0.2, -0.15) is 0 Å². The summed E-state index contributed by atoms with van der Waals surface area (Å²) in [5.74, 6) is 2.07. The van der Waals surface area contributed by atoms with E-state index in [0.29, 0.717) is 23.7 Å². The minimum atomic E-state index is -0.938. The predicted molar refractivity (Wildman–Crippen MR) is 124 cm³/mol. The van der Waals surface area contributed by atoms with E-state index in [0.717, 1.165) is 38.0 Å². The van der Waals surface area contributed by atoms with E-state index in [1.807, 2.05) is 0 Å². The highest BCUT2D eigenvalue weighted by Gasteiger charge is 2.50. The van der Waals surface area contributed by atoms with Crippen LogP contribution >= 0.6 is 0 Å². The van der Waals surface area contributed by atoms with Crippen LogP contribution in [0.1, 0.15) is 91.4 Å². The summed E-state index contributed by atoms with van der Waals surface area (Å²) in [4.78, 5) is 0. The summed E-state index contributed by atoms with van der Waals surface area (Å²) in [6, 6.07) is 0. The molecule has 0 amide bonds. The van der Waals surface area contributed by atoms with Crippen LogP contribution in [0.2, 0.25) is 0 Å². The third-order valence-electron chi connectivity index (χ3n) is 8.63. The summed E-state index contributed by atoms with van der Waals surface area (Å²) in [5.41, 5.74) is 3.50. The summed E-state index contributed by atoms with van der Waals surface area (Å²) in [5, 5.41) is 29.4. The lowest BCUT2D eigenvalue weighted by Crippen LogP contribution is -2.36. The molecule has 170 valence electrons. The van der Waals surface area contributed by atoms with Crippen LogP contribution in [0.15, 0.2) is 35.5 Å². The Kier molecular flexibility index (Phi) is 7.69. The van der Waals surface area contributed by atoms with Gasteiger partial charge in [-0.25, -0.2) is 0 Å². The van der Waals surface area contributed by atoms with Crippen LogP contribution in [0.5, 0.6) is 0 Å². The van der Waals surface area contributed by atoms with Gasteiger partial charge in [0.2, 0.25) is 0 Å². The summed E-state index contributed by atoms with van der Waals surface area (Å²) in [6.07, 6.45) is 16.1. The van der Waals surface area contributed by atoms with Crippen LogP contribution in [0.3, 0.4) is 0 Å².